The van der Waals surface area contributed by atoms with Crippen LogP contribution in [0.15, 0.2) is 41.3 Å². The molecule has 0 bridgehead atoms. The molecule has 1 aliphatic rings. The molecule has 28 heavy (non-hydrogen) atoms. The lowest BCUT2D eigenvalue weighted by molar-refractivity contribution is 0.0260. The zero-order chi connectivity index (χ0) is 20.5. The Balaban J connectivity index is 2.01. The number of methoxy groups -OCH3 is 1. The minimum atomic E-state index is -3.71. The number of rotatable bonds is 6. The van der Waals surface area contributed by atoms with Gasteiger partial charge in [0.1, 0.15) is 17.1 Å². The molecule has 0 saturated heterocycles. The Labute approximate surface area is 168 Å². The fraction of sp³-hybridized carbons (Fsp3) is 0.455. The number of para-hydroxylation sites is 1. The van der Waals surface area contributed by atoms with Gasteiger partial charge in [0.15, 0.2) is 0 Å². The second-order valence-electron chi connectivity index (χ2n) is 7.50. The van der Waals surface area contributed by atoms with Gasteiger partial charge in [-0.2, -0.15) is 0 Å². The molecule has 2 aromatic rings. The van der Waals surface area contributed by atoms with E-state index in [4.69, 9.17) is 9.47 Å². The summed E-state index contributed by atoms with van der Waals surface area (Å²) in [5.41, 5.74) is 1.96. The molecule has 152 valence electrons. The number of sulfonamides is 1. The molecule has 0 radical (unpaired) electrons. The lowest BCUT2D eigenvalue weighted by Gasteiger charge is -2.41. The smallest absolute Gasteiger partial charge is 0.241 e. The molecule has 0 aliphatic carbocycles. The Kier molecular flexibility index (Phi) is 5.73. The zero-order valence-corrected chi connectivity index (χ0v) is 18.0. The van der Waals surface area contributed by atoms with Gasteiger partial charge in [0.2, 0.25) is 10.0 Å². The lowest BCUT2D eigenvalue weighted by Crippen LogP contribution is -2.44. The van der Waals surface area contributed by atoms with Crippen LogP contribution in [0.4, 0.5) is 0 Å². The van der Waals surface area contributed by atoms with E-state index in [0.29, 0.717) is 17.7 Å². The van der Waals surface area contributed by atoms with Crippen molar-refractivity contribution in [2.45, 2.75) is 63.5 Å². The first-order valence-electron chi connectivity index (χ1n) is 9.70. The van der Waals surface area contributed by atoms with Crippen LogP contribution in [0.5, 0.6) is 11.5 Å². The average molecular weight is 404 g/mol. The van der Waals surface area contributed by atoms with Gasteiger partial charge < -0.3 is 9.47 Å². The topological polar surface area (TPSA) is 64.6 Å². The summed E-state index contributed by atoms with van der Waals surface area (Å²) in [7, 11) is -2.12. The van der Waals surface area contributed by atoms with Crippen molar-refractivity contribution >= 4 is 10.0 Å². The van der Waals surface area contributed by atoms with Crippen molar-refractivity contribution in [2.24, 2.45) is 0 Å². The van der Waals surface area contributed by atoms with Gasteiger partial charge >= 0.3 is 0 Å². The van der Waals surface area contributed by atoms with E-state index >= 15 is 0 Å². The van der Waals surface area contributed by atoms with Gasteiger partial charge in [-0.05, 0) is 56.0 Å². The van der Waals surface area contributed by atoms with Crippen molar-refractivity contribution in [3.63, 3.8) is 0 Å². The van der Waals surface area contributed by atoms with E-state index in [-0.39, 0.29) is 16.5 Å². The highest BCUT2D eigenvalue weighted by atomic mass is 32.2. The van der Waals surface area contributed by atoms with Crippen LogP contribution in [0.2, 0.25) is 0 Å². The molecule has 0 spiro atoms. The first-order valence-corrected chi connectivity index (χ1v) is 11.2. The molecular weight excluding hydrogens is 374 g/mol. The Morgan fingerprint density at radius 1 is 1.14 bits per heavy atom. The Bertz CT molecular complexity index is 964. The van der Waals surface area contributed by atoms with Gasteiger partial charge in [-0.25, -0.2) is 13.1 Å². The SMILES string of the molecule is CCC1(CC)C[C@@H](NS(=O)(=O)c2cc(C)c(OC)cc2C)c2ccccc2O1. The van der Waals surface area contributed by atoms with E-state index < -0.39 is 10.0 Å². The average Bonchev–Trinajstić information content (AvgIpc) is 2.68. The molecule has 1 atom stereocenters. The standard InChI is InChI=1S/C22H29NO4S/c1-6-22(7-2)14-18(17-10-8-9-11-19(17)27-22)23-28(24,25)21-13-15(3)20(26-5)12-16(21)4/h8-13,18,23H,6-7,14H2,1-5H3/t18-/m1/s1. The second kappa shape index (κ2) is 7.76. The summed E-state index contributed by atoms with van der Waals surface area (Å²) in [6.45, 7) is 7.80. The third-order valence-corrected chi connectivity index (χ3v) is 7.38. The van der Waals surface area contributed by atoms with Gasteiger partial charge in [0, 0.05) is 12.0 Å². The van der Waals surface area contributed by atoms with Gasteiger partial charge in [0.25, 0.3) is 0 Å². The number of hydrogen-bond acceptors (Lipinski definition) is 4. The zero-order valence-electron chi connectivity index (χ0n) is 17.2. The highest BCUT2D eigenvalue weighted by Gasteiger charge is 2.40. The summed E-state index contributed by atoms with van der Waals surface area (Å²) in [4.78, 5) is 0.286. The number of ether oxygens (including phenoxy) is 2. The van der Waals surface area contributed by atoms with Gasteiger partial charge in [-0.3, -0.25) is 0 Å². The molecule has 1 N–H and O–H groups in total. The predicted molar refractivity (Wildman–Crippen MR) is 111 cm³/mol. The van der Waals surface area contributed by atoms with Crippen molar-refractivity contribution in [1.29, 1.82) is 0 Å². The molecule has 2 aromatic carbocycles. The highest BCUT2D eigenvalue weighted by Crippen LogP contribution is 2.43. The quantitative estimate of drug-likeness (QED) is 0.761. The van der Waals surface area contributed by atoms with Crippen LogP contribution in [-0.4, -0.2) is 21.1 Å². The molecule has 1 aliphatic heterocycles. The second-order valence-corrected chi connectivity index (χ2v) is 9.18. The number of hydrogen-bond donors (Lipinski definition) is 1. The molecule has 0 aromatic heterocycles. The maximum Gasteiger partial charge on any atom is 0.241 e. The number of nitrogens with one attached hydrogen (secondary N) is 1. The summed E-state index contributed by atoms with van der Waals surface area (Å²) >= 11 is 0. The Morgan fingerprint density at radius 2 is 1.82 bits per heavy atom. The third-order valence-electron chi connectivity index (χ3n) is 5.77. The van der Waals surface area contributed by atoms with E-state index in [9.17, 15) is 8.42 Å². The van der Waals surface area contributed by atoms with Crippen molar-refractivity contribution in [2.75, 3.05) is 7.11 Å². The van der Waals surface area contributed by atoms with Crippen LogP contribution in [0.25, 0.3) is 0 Å². The molecule has 0 saturated carbocycles. The van der Waals surface area contributed by atoms with Crippen molar-refractivity contribution in [3.05, 3.63) is 53.1 Å². The van der Waals surface area contributed by atoms with Crippen molar-refractivity contribution in [1.82, 2.24) is 4.72 Å². The first kappa shape index (κ1) is 20.7. The number of fused-ring (bicyclic) bond motifs is 1. The summed E-state index contributed by atoms with van der Waals surface area (Å²) < 4.78 is 41.1. The molecule has 6 heteroatoms. The van der Waals surface area contributed by atoms with E-state index in [1.54, 1.807) is 26.2 Å². The van der Waals surface area contributed by atoms with Gasteiger partial charge in [0.05, 0.1) is 18.0 Å². The maximum absolute atomic E-state index is 13.3. The molecular formula is C22H29NO4S. The van der Waals surface area contributed by atoms with E-state index in [1.165, 1.54) is 0 Å². The van der Waals surface area contributed by atoms with Crippen LogP contribution < -0.4 is 14.2 Å². The maximum atomic E-state index is 13.3. The molecule has 1 heterocycles. The lowest BCUT2D eigenvalue weighted by atomic mass is 9.84. The Hall–Kier alpha value is -2.05. The largest absolute Gasteiger partial charge is 0.496 e. The molecule has 0 fully saturated rings. The normalized spacial score (nSPS) is 18.2. The summed E-state index contributed by atoms with van der Waals surface area (Å²) in [6, 6.07) is 10.8. The summed E-state index contributed by atoms with van der Waals surface area (Å²) in [6.07, 6.45) is 2.23. The van der Waals surface area contributed by atoms with E-state index in [2.05, 4.69) is 18.6 Å². The monoisotopic (exact) mass is 403 g/mol. The van der Waals surface area contributed by atoms with Crippen LogP contribution in [0.1, 0.15) is 55.8 Å². The highest BCUT2D eigenvalue weighted by molar-refractivity contribution is 7.89. The summed E-state index contributed by atoms with van der Waals surface area (Å²) in [5.74, 6) is 1.44. The molecule has 0 unspecified atom stereocenters. The predicted octanol–water partition coefficient (Wildman–Crippen LogP) is 4.67. The fourth-order valence-electron chi connectivity index (χ4n) is 3.93. The van der Waals surface area contributed by atoms with Gasteiger partial charge in [-0.15, -0.1) is 0 Å². The number of aryl methyl sites for hydroxylation is 2. The first-order chi connectivity index (χ1) is 13.2. The van der Waals surface area contributed by atoms with Gasteiger partial charge in [-0.1, -0.05) is 32.0 Å². The molecule has 0 amide bonds. The minimum absolute atomic E-state index is 0.286. The van der Waals surface area contributed by atoms with Crippen LogP contribution in [-0.2, 0) is 10.0 Å². The van der Waals surface area contributed by atoms with Crippen molar-refractivity contribution < 1.29 is 17.9 Å². The fourth-order valence-corrected chi connectivity index (χ4v) is 5.46. The number of benzene rings is 2. The minimum Gasteiger partial charge on any atom is -0.496 e. The summed E-state index contributed by atoms with van der Waals surface area (Å²) in [5, 5.41) is 0. The van der Waals surface area contributed by atoms with E-state index in [0.717, 1.165) is 29.7 Å². The van der Waals surface area contributed by atoms with Crippen molar-refractivity contribution in [3.8, 4) is 11.5 Å². The Morgan fingerprint density at radius 3 is 2.46 bits per heavy atom. The van der Waals surface area contributed by atoms with Crippen LogP contribution in [0, 0.1) is 13.8 Å². The van der Waals surface area contributed by atoms with E-state index in [1.807, 2.05) is 31.2 Å². The van der Waals surface area contributed by atoms with Crippen LogP contribution in [0.3, 0.4) is 0 Å². The molecule has 5 nitrogen and oxygen atoms in total. The third kappa shape index (κ3) is 3.76. The van der Waals surface area contributed by atoms with Crippen LogP contribution >= 0.6 is 0 Å². The molecule has 3 rings (SSSR count).